The molecule has 0 radical (unpaired) electrons. The number of hydrogen-bond donors (Lipinski definition) is 3. The number of carbonyl (C=O) groups excluding carboxylic acids is 5. The van der Waals surface area contributed by atoms with Gasteiger partial charge in [0.1, 0.15) is 11.5 Å². The average molecular weight is 1150 g/mol. The number of benzene rings is 2. The number of nitrogens with one attached hydrogen (secondary N) is 2. The van der Waals surface area contributed by atoms with Gasteiger partial charge in [0.15, 0.2) is 0 Å². The molecule has 4 saturated carbocycles. The zero-order valence-corrected chi connectivity index (χ0v) is 50.1. The number of aryl methyl sites for hydroxylation is 2. The standard InChI is InChI=1S/C32H42ClN3O5.C31H40ClN3O5/c1-18-6-9-25(24(33)12-18)34-31(39)23-17-36(26(37)10-11-27(38)40-5)16-22(23)29-28(20-7-8-20)30(41-35-29)21-13-19(14-21)15-32(2,3)4;1-17-5-8-24(23(32)11-17)33-30(39)22-16-35(25(36)9-10-26(37)38)15-21(22)28-27(19-6-7-19)29(40-34-28)20-12-18(13-20)14-31(2,3)4/h6,9,12,19-23H,7-8,10-11,13-17H2,1-5H3,(H,34,39);5,8,11,18-22H,6-7,9-10,12-16H2,1-4H3,(H,33,39)(H,37,38)/t19?,21?,22-,23-;18?,20?,21-,22-/m00/s1. The third kappa shape index (κ3) is 14.7. The molecule has 2 aromatic heterocycles. The number of carbonyl (C=O) groups is 6. The first-order valence-electron chi connectivity index (χ1n) is 29.3. The third-order valence-corrected chi connectivity index (χ3v) is 18.0. The van der Waals surface area contributed by atoms with Crippen molar-refractivity contribution in [2.24, 2.45) is 34.5 Å². The highest BCUT2D eigenvalue weighted by Gasteiger charge is 2.50. The molecule has 438 valence electrons. The second kappa shape index (κ2) is 24.6. The van der Waals surface area contributed by atoms with E-state index < -0.39 is 23.8 Å². The number of esters is 1. The molecule has 18 heteroatoms. The largest absolute Gasteiger partial charge is 0.481 e. The summed E-state index contributed by atoms with van der Waals surface area (Å²) in [6.45, 7) is 18.7. The molecule has 0 unspecified atom stereocenters. The number of rotatable bonds is 18. The minimum atomic E-state index is -1.02. The lowest BCUT2D eigenvalue weighted by Crippen LogP contribution is -2.32. The number of carboxylic acid groups (broad SMARTS) is 1. The van der Waals surface area contributed by atoms with Crippen LogP contribution in [0.1, 0.15) is 212 Å². The van der Waals surface area contributed by atoms with Crippen LogP contribution < -0.4 is 10.6 Å². The maximum Gasteiger partial charge on any atom is 0.306 e. The Balaban J connectivity index is 0.000000196. The fourth-order valence-electron chi connectivity index (χ4n) is 13.1. The fraction of sp³-hybridized carbons (Fsp3) is 0.619. The Hall–Kier alpha value is -5.74. The van der Waals surface area contributed by atoms with Crippen LogP contribution in [-0.4, -0.2) is 94.1 Å². The lowest BCUT2D eigenvalue weighted by Gasteiger charge is -2.38. The topological polar surface area (TPSA) is 214 Å². The van der Waals surface area contributed by atoms with Gasteiger partial charge in [0.05, 0.1) is 64.6 Å². The lowest BCUT2D eigenvalue weighted by atomic mass is 9.66. The summed E-state index contributed by atoms with van der Waals surface area (Å²) < 4.78 is 16.9. The zero-order chi connectivity index (χ0) is 58.2. The van der Waals surface area contributed by atoms with E-state index in [4.69, 9.17) is 42.1 Å². The molecule has 4 amide bonds. The third-order valence-electron chi connectivity index (χ3n) is 17.4. The van der Waals surface area contributed by atoms with Gasteiger partial charge in [-0.2, -0.15) is 0 Å². The van der Waals surface area contributed by atoms with Gasteiger partial charge in [0.25, 0.3) is 0 Å². The summed E-state index contributed by atoms with van der Waals surface area (Å²) >= 11 is 12.8. The Morgan fingerprint density at radius 1 is 0.605 bits per heavy atom. The molecule has 4 atom stereocenters. The number of hydrogen-bond acceptors (Lipinski definition) is 11. The molecule has 4 heterocycles. The molecule has 0 bridgehead atoms. The summed E-state index contributed by atoms with van der Waals surface area (Å²) in [7, 11) is 1.31. The Bertz CT molecular complexity index is 2990. The maximum atomic E-state index is 13.8. The molecule has 81 heavy (non-hydrogen) atoms. The molecule has 4 aromatic rings. The number of aliphatic carboxylic acids is 1. The number of amides is 4. The molecule has 0 spiro atoms. The lowest BCUT2D eigenvalue weighted by molar-refractivity contribution is -0.143. The molecule has 3 N–H and O–H groups in total. The van der Waals surface area contributed by atoms with Crippen LogP contribution >= 0.6 is 23.2 Å². The number of halogens is 2. The van der Waals surface area contributed by atoms with Crippen LogP contribution in [0.15, 0.2) is 45.4 Å². The van der Waals surface area contributed by atoms with Crippen molar-refractivity contribution < 1.29 is 47.7 Å². The number of aromatic nitrogens is 2. The summed E-state index contributed by atoms with van der Waals surface area (Å²) in [5, 5.41) is 25.2. The molecule has 2 aliphatic heterocycles. The van der Waals surface area contributed by atoms with E-state index in [1.54, 1.807) is 28.0 Å². The van der Waals surface area contributed by atoms with E-state index in [1.165, 1.54) is 25.5 Å². The van der Waals surface area contributed by atoms with Crippen LogP contribution in [0.3, 0.4) is 0 Å². The first-order chi connectivity index (χ1) is 38.3. The van der Waals surface area contributed by atoms with Crippen LogP contribution in [0.4, 0.5) is 11.4 Å². The summed E-state index contributed by atoms with van der Waals surface area (Å²) in [5.41, 5.74) is 7.58. The SMILES string of the molecule is COC(=O)CCC(=O)N1C[C@H](C(=O)Nc2ccc(C)cc2Cl)[C@@H](c2noc(C3CC(CC(C)(C)C)C3)c2C2CC2)C1.Cc1ccc(NC(=O)[C@H]2CN(C(=O)CCC(=O)O)C[C@@H]2c2noc(C3CC(CC(C)(C)C)C3)c2C2CC2)c(Cl)c1. The van der Waals surface area contributed by atoms with Gasteiger partial charge in [-0.25, -0.2) is 0 Å². The van der Waals surface area contributed by atoms with Crippen LogP contribution in [0.5, 0.6) is 0 Å². The molecule has 6 aliphatic rings. The van der Waals surface area contributed by atoms with Gasteiger partial charge in [-0.3, -0.25) is 28.8 Å². The monoisotopic (exact) mass is 1150 g/mol. The Morgan fingerprint density at radius 2 is 1.00 bits per heavy atom. The first kappa shape index (κ1) is 59.9. The van der Waals surface area contributed by atoms with Gasteiger partial charge in [-0.05, 0) is 148 Å². The van der Waals surface area contributed by atoms with E-state index in [0.717, 1.165) is 91.0 Å². The van der Waals surface area contributed by atoms with Gasteiger partial charge >= 0.3 is 11.9 Å². The Morgan fingerprint density at radius 3 is 1.35 bits per heavy atom. The number of carboxylic acids is 1. The molecule has 2 aromatic carbocycles. The first-order valence-corrected chi connectivity index (χ1v) is 30.0. The van der Waals surface area contributed by atoms with Crippen LogP contribution in [-0.2, 0) is 33.5 Å². The highest BCUT2D eigenvalue weighted by atomic mass is 35.5. The van der Waals surface area contributed by atoms with E-state index in [-0.39, 0.29) is 74.2 Å². The van der Waals surface area contributed by atoms with E-state index in [0.29, 0.717) is 80.8 Å². The Labute approximate surface area is 486 Å². The molecule has 6 fully saturated rings. The van der Waals surface area contributed by atoms with E-state index >= 15 is 0 Å². The summed E-state index contributed by atoms with van der Waals surface area (Å²) in [6.07, 6.45) is 10.8. The van der Waals surface area contributed by atoms with Gasteiger partial charge < -0.3 is 39.3 Å². The van der Waals surface area contributed by atoms with Gasteiger partial charge in [0, 0.05) is 73.8 Å². The van der Waals surface area contributed by atoms with Crippen LogP contribution in [0.25, 0.3) is 0 Å². The van der Waals surface area contributed by atoms with E-state index in [1.807, 2.05) is 32.0 Å². The number of ether oxygens (including phenoxy) is 1. The number of likely N-dealkylation sites (tertiary alicyclic amines) is 2. The average Bonchev–Trinajstić information content (AvgIpc) is 4.40. The highest BCUT2D eigenvalue weighted by Crippen LogP contribution is 2.56. The molecule has 16 nitrogen and oxygen atoms in total. The molecule has 4 aliphatic carbocycles. The minimum Gasteiger partial charge on any atom is -0.481 e. The fourth-order valence-corrected chi connectivity index (χ4v) is 13.7. The van der Waals surface area contributed by atoms with Crippen LogP contribution in [0.2, 0.25) is 10.0 Å². The van der Waals surface area contributed by atoms with E-state index in [2.05, 4.69) is 62.5 Å². The maximum absolute atomic E-state index is 13.8. The van der Waals surface area contributed by atoms with Crippen molar-refractivity contribution in [2.45, 2.75) is 181 Å². The predicted molar refractivity (Wildman–Crippen MR) is 309 cm³/mol. The molecule has 2 saturated heterocycles. The number of nitrogens with zero attached hydrogens (tertiary/aromatic N) is 4. The van der Waals surface area contributed by atoms with Crippen LogP contribution in [0, 0.1) is 48.3 Å². The Kier molecular flexibility index (Phi) is 18.2. The van der Waals surface area contributed by atoms with Crippen molar-refractivity contribution in [3.05, 3.63) is 91.6 Å². The van der Waals surface area contributed by atoms with Gasteiger partial charge in [0.2, 0.25) is 23.6 Å². The van der Waals surface area contributed by atoms with Crippen molar-refractivity contribution in [1.82, 2.24) is 20.1 Å². The minimum absolute atomic E-state index is 0.00514. The normalized spacial score (nSPS) is 24.4. The summed E-state index contributed by atoms with van der Waals surface area (Å²) in [6, 6.07) is 11.0. The zero-order valence-electron chi connectivity index (χ0n) is 48.6. The summed E-state index contributed by atoms with van der Waals surface area (Å²) in [5.74, 6) is 0.748. The smallest absolute Gasteiger partial charge is 0.306 e. The molecular weight excluding hydrogens is 1070 g/mol. The van der Waals surface area contributed by atoms with Crippen molar-refractivity contribution in [2.75, 3.05) is 43.9 Å². The van der Waals surface area contributed by atoms with Crippen molar-refractivity contribution >= 4 is 70.1 Å². The number of methoxy groups -OCH3 is 1. The predicted octanol–water partition coefficient (Wildman–Crippen LogP) is 13.1. The number of anilines is 2. The quantitative estimate of drug-likeness (QED) is 0.0794. The second-order valence-corrected chi connectivity index (χ2v) is 27.6. The van der Waals surface area contributed by atoms with E-state index in [9.17, 15) is 28.8 Å². The highest BCUT2D eigenvalue weighted by molar-refractivity contribution is 6.34. The van der Waals surface area contributed by atoms with Gasteiger partial charge in [-0.1, -0.05) is 87.2 Å². The molecule has 10 rings (SSSR count). The van der Waals surface area contributed by atoms with Gasteiger partial charge in [-0.15, -0.1) is 0 Å². The van der Waals surface area contributed by atoms with Crippen molar-refractivity contribution in [3.8, 4) is 0 Å². The van der Waals surface area contributed by atoms with Crippen molar-refractivity contribution in [3.63, 3.8) is 0 Å². The second-order valence-electron chi connectivity index (χ2n) is 26.8. The molecular formula is C63H82Cl2N6O10. The van der Waals surface area contributed by atoms with Crippen molar-refractivity contribution in [1.29, 1.82) is 0 Å². The summed E-state index contributed by atoms with van der Waals surface area (Å²) in [4.78, 5) is 79.6.